The Hall–Kier alpha value is -2.40. The van der Waals surface area contributed by atoms with E-state index in [1.807, 2.05) is 66.2 Å². The largest absolute Gasteiger partial charge is 0.497 e. The molecule has 0 aliphatic heterocycles. The Morgan fingerprint density at radius 3 is 2.26 bits per heavy atom. The maximum atomic E-state index is 11.5. The van der Waals surface area contributed by atoms with Crippen molar-refractivity contribution < 1.29 is 8.95 Å². The molecule has 1 heterocycles. The van der Waals surface area contributed by atoms with Crippen molar-refractivity contribution in [3.63, 3.8) is 0 Å². The summed E-state index contributed by atoms with van der Waals surface area (Å²) in [4.78, 5) is 0.820. The zero-order valence-corrected chi connectivity index (χ0v) is 14.1. The standard InChI is InChI=1S/C18H18N2O2S/c1-13-12-18(14-4-10-17(11-5-14)23(3)21)20(19-13)15-6-8-16(22-2)9-7-15/h4-12H,1-3H3. The zero-order chi connectivity index (χ0) is 16.4. The first kappa shape index (κ1) is 15.5. The molecule has 0 aliphatic carbocycles. The maximum Gasteiger partial charge on any atom is 0.119 e. The summed E-state index contributed by atoms with van der Waals surface area (Å²) in [6.45, 7) is 1.97. The Balaban J connectivity index is 2.04. The van der Waals surface area contributed by atoms with Gasteiger partial charge in [-0.05, 0) is 49.4 Å². The second-order valence-corrected chi connectivity index (χ2v) is 6.64. The minimum Gasteiger partial charge on any atom is -0.497 e. The molecule has 0 fully saturated rings. The van der Waals surface area contributed by atoms with Crippen LogP contribution >= 0.6 is 0 Å². The van der Waals surface area contributed by atoms with Crippen LogP contribution < -0.4 is 4.74 Å². The third kappa shape index (κ3) is 3.19. The van der Waals surface area contributed by atoms with Crippen LogP contribution in [0.3, 0.4) is 0 Å². The molecule has 0 radical (unpaired) electrons. The number of benzene rings is 2. The number of rotatable bonds is 4. The van der Waals surface area contributed by atoms with Gasteiger partial charge in [-0.25, -0.2) is 4.68 Å². The average molecular weight is 326 g/mol. The van der Waals surface area contributed by atoms with Crippen LogP contribution in [-0.2, 0) is 10.8 Å². The predicted octanol–water partition coefficient (Wildman–Crippen LogP) is 3.59. The molecule has 0 N–H and O–H groups in total. The molecule has 1 atom stereocenters. The summed E-state index contributed by atoms with van der Waals surface area (Å²) in [5, 5.41) is 4.59. The number of ether oxygens (including phenoxy) is 1. The molecule has 2 aromatic carbocycles. The van der Waals surface area contributed by atoms with E-state index in [-0.39, 0.29) is 0 Å². The van der Waals surface area contributed by atoms with Gasteiger partial charge in [-0.15, -0.1) is 0 Å². The summed E-state index contributed by atoms with van der Waals surface area (Å²) in [5.41, 5.74) is 3.95. The van der Waals surface area contributed by atoms with Crippen LogP contribution in [0, 0.1) is 6.92 Å². The number of nitrogens with zero attached hydrogens (tertiary/aromatic N) is 2. The topological polar surface area (TPSA) is 44.1 Å². The molecule has 0 amide bonds. The van der Waals surface area contributed by atoms with Gasteiger partial charge in [0.05, 0.1) is 24.2 Å². The minimum atomic E-state index is -0.970. The lowest BCUT2D eigenvalue weighted by Crippen LogP contribution is -1.99. The van der Waals surface area contributed by atoms with Gasteiger partial charge in [0, 0.05) is 27.5 Å². The van der Waals surface area contributed by atoms with Crippen molar-refractivity contribution in [1.29, 1.82) is 0 Å². The van der Waals surface area contributed by atoms with Gasteiger partial charge < -0.3 is 4.74 Å². The Bertz CT molecular complexity index is 836. The van der Waals surface area contributed by atoms with Gasteiger partial charge in [-0.3, -0.25) is 4.21 Å². The van der Waals surface area contributed by atoms with Crippen molar-refractivity contribution in [2.24, 2.45) is 0 Å². The van der Waals surface area contributed by atoms with Gasteiger partial charge in [-0.1, -0.05) is 12.1 Å². The fraction of sp³-hybridized carbons (Fsp3) is 0.167. The number of aryl methyl sites for hydroxylation is 1. The molecular weight excluding hydrogens is 308 g/mol. The van der Waals surface area contributed by atoms with Crippen LogP contribution in [0.25, 0.3) is 16.9 Å². The molecule has 3 aromatic rings. The van der Waals surface area contributed by atoms with Gasteiger partial charge in [-0.2, -0.15) is 5.10 Å². The summed E-state index contributed by atoms with van der Waals surface area (Å²) in [6.07, 6.45) is 1.68. The van der Waals surface area contributed by atoms with Crippen LogP contribution in [0.4, 0.5) is 0 Å². The molecule has 118 valence electrons. The fourth-order valence-corrected chi connectivity index (χ4v) is 2.96. The van der Waals surface area contributed by atoms with Crippen LogP contribution in [0.2, 0.25) is 0 Å². The van der Waals surface area contributed by atoms with Gasteiger partial charge in [0.15, 0.2) is 0 Å². The molecule has 3 rings (SSSR count). The number of hydrogen-bond donors (Lipinski definition) is 0. The lowest BCUT2D eigenvalue weighted by molar-refractivity contribution is 0.414. The molecule has 1 unspecified atom stereocenters. The molecule has 0 aliphatic rings. The SMILES string of the molecule is COc1ccc(-n2nc(C)cc2-c2ccc(S(C)=O)cc2)cc1. The van der Waals surface area contributed by atoms with Gasteiger partial charge in [0.2, 0.25) is 0 Å². The molecule has 4 nitrogen and oxygen atoms in total. The van der Waals surface area contributed by atoms with Gasteiger partial charge in [0.25, 0.3) is 0 Å². The highest BCUT2D eigenvalue weighted by Gasteiger charge is 2.10. The second kappa shape index (κ2) is 6.38. The Morgan fingerprint density at radius 2 is 1.70 bits per heavy atom. The van der Waals surface area contributed by atoms with Crippen molar-refractivity contribution in [1.82, 2.24) is 9.78 Å². The van der Waals surface area contributed by atoms with Crippen molar-refractivity contribution >= 4 is 10.8 Å². The zero-order valence-electron chi connectivity index (χ0n) is 13.3. The molecule has 0 saturated heterocycles. The van der Waals surface area contributed by atoms with E-state index >= 15 is 0 Å². The fourth-order valence-electron chi connectivity index (χ4n) is 2.44. The molecule has 1 aromatic heterocycles. The summed E-state index contributed by atoms with van der Waals surface area (Å²) in [5.74, 6) is 0.814. The molecular formula is C18H18N2O2S. The molecule has 5 heteroatoms. The van der Waals surface area contributed by atoms with E-state index < -0.39 is 10.8 Å². The highest BCUT2D eigenvalue weighted by molar-refractivity contribution is 7.84. The average Bonchev–Trinajstić information content (AvgIpc) is 2.97. The van der Waals surface area contributed by atoms with Crippen LogP contribution in [0.15, 0.2) is 59.5 Å². The first-order chi connectivity index (χ1) is 11.1. The third-order valence-corrected chi connectivity index (χ3v) is 4.57. The molecule has 0 bridgehead atoms. The summed E-state index contributed by atoms with van der Waals surface area (Å²) < 4.78 is 18.6. The summed E-state index contributed by atoms with van der Waals surface area (Å²) >= 11 is 0. The van der Waals surface area contributed by atoms with Crippen LogP contribution in [0.5, 0.6) is 5.75 Å². The van der Waals surface area contributed by atoms with Crippen molar-refractivity contribution in [3.05, 3.63) is 60.3 Å². The highest BCUT2D eigenvalue weighted by Crippen LogP contribution is 2.25. The smallest absolute Gasteiger partial charge is 0.119 e. The normalized spacial score (nSPS) is 12.1. The van der Waals surface area contributed by atoms with E-state index in [1.165, 1.54) is 0 Å². The minimum absolute atomic E-state index is 0.814. The van der Waals surface area contributed by atoms with Crippen molar-refractivity contribution in [2.45, 2.75) is 11.8 Å². The number of aromatic nitrogens is 2. The van der Waals surface area contributed by atoms with Crippen molar-refractivity contribution in [2.75, 3.05) is 13.4 Å². The lowest BCUT2D eigenvalue weighted by Gasteiger charge is -2.09. The molecule has 0 spiro atoms. The van der Waals surface area contributed by atoms with Crippen LogP contribution in [-0.4, -0.2) is 27.4 Å². The van der Waals surface area contributed by atoms with E-state index in [2.05, 4.69) is 5.10 Å². The maximum absolute atomic E-state index is 11.5. The summed E-state index contributed by atoms with van der Waals surface area (Å²) in [6, 6.07) is 17.6. The van der Waals surface area contributed by atoms with E-state index in [0.717, 1.165) is 33.3 Å². The number of methoxy groups -OCH3 is 1. The lowest BCUT2D eigenvalue weighted by atomic mass is 10.1. The molecule has 0 saturated carbocycles. The van der Waals surface area contributed by atoms with E-state index in [4.69, 9.17) is 4.74 Å². The van der Waals surface area contributed by atoms with Crippen molar-refractivity contribution in [3.8, 4) is 22.7 Å². The first-order valence-electron chi connectivity index (χ1n) is 7.23. The summed E-state index contributed by atoms with van der Waals surface area (Å²) in [7, 11) is 0.681. The molecule has 23 heavy (non-hydrogen) atoms. The third-order valence-electron chi connectivity index (χ3n) is 3.63. The van der Waals surface area contributed by atoms with Crippen LogP contribution in [0.1, 0.15) is 5.69 Å². The highest BCUT2D eigenvalue weighted by atomic mass is 32.2. The monoisotopic (exact) mass is 326 g/mol. The number of hydrogen-bond acceptors (Lipinski definition) is 3. The second-order valence-electron chi connectivity index (χ2n) is 5.26. The quantitative estimate of drug-likeness (QED) is 0.736. The Labute approximate surface area is 138 Å². The van der Waals surface area contributed by atoms with E-state index in [9.17, 15) is 4.21 Å². The Morgan fingerprint density at radius 1 is 1.04 bits per heavy atom. The first-order valence-corrected chi connectivity index (χ1v) is 8.79. The van der Waals surface area contributed by atoms with E-state index in [1.54, 1.807) is 13.4 Å². The Kier molecular flexibility index (Phi) is 4.30. The predicted molar refractivity (Wildman–Crippen MR) is 92.6 cm³/mol. The van der Waals surface area contributed by atoms with E-state index in [0.29, 0.717) is 0 Å². The van der Waals surface area contributed by atoms with Gasteiger partial charge >= 0.3 is 0 Å². The van der Waals surface area contributed by atoms with Gasteiger partial charge in [0.1, 0.15) is 5.75 Å².